The number of hydrogen-bond donors (Lipinski definition) is 4. The van der Waals surface area contributed by atoms with E-state index in [0.717, 1.165) is 12.8 Å². The van der Waals surface area contributed by atoms with Gasteiger partial charge in [-0.25, -0.2) is 0 Å². The van der Waals surface area contributed by atoms with Crippen LogP contribution in [0.15, 0.2) is 23.0 Å². The number of benzene rings is 1. The third-order valence-electron chi connectivity index (χ3n) is 3.25. The number of amides is 2. The average molecular weight is 304 g/mol. The van der Waals surface area contributed by atoms with Gasteiger partial charge in [-0.15, -0.1) is 0 Å². The summed E-state index contributed by atoms with van der Waals surface area (Å²) in [5.41, 5.74) is 5.19. The summed E-state index contributed by atoms with van der Waals surface area (Å²) in [7, 11) is 0. The first-order valence-electron chi connectivity index (χ1n) is 6.41. The van der Waals surface area contributed by atoms with Gasteiger partial charge in [0.2, 0.25) is 5.91 Å². The fraction of sp³-hybridized carbons (Fsp3) is 0.231. The van der Waals surface area contributed by atoms with E-state index in [9.17, 15) is 14.4 Å². The van der Waals surface area contributed by atoms with E-state index < -0.39 is 5.91 Å². The fourth-order valence-electron chi connectivity index (χ4n) is 1.95. The van der Waals surface area contributed by atoms with Gasteiger partial charge in [0.05, 0.1) is 10.9 Å². The van der Waals surface area contributed by atoms with E-state index >= 15 is 0 Å². The minimum Gasteiger partial charge on any atom is -0.332 e. The molecule has 0 unspecified atom stereocenters. The SMILES string of the molecule is O=C(NNC(=O)C1CC1)c1ccc2c(=O)[nH]c(=S)[nH]c2c1. The van der Waals surface area contributed by atoms with Crippen molar-refractivity contribution in [1.29, 1.82) is 0 Å². The molecule has 2 amide bonds. The van der Waals surface area contributed by atoms with Gasteiger partial charge in [0.15, 0.2) is 4.77 Å². The van der Waals surface area contributed by atoms with Crippen LogP contribution in [0.4, 0.5) is 0 Å². The molecule has 0 radical (unpaired) electrons. The molecule has 2 aromatic rings. The average Bonchev–Trinajstić information content (AvgIpc) is 3.28. The molecule has 7 nitrogen and oxygen atoms in total. The number of aromatic nitrogens is 2. The number of nitrogens with one attached hydrogen (secondary N) is 4. The highest BCUT2D eigenvalue weighted by Gasteiger charge is 2.29. The molecule has 1 aromatic carbocycles. The molecular formula is C13H12N4O3S. The third-order valence-corrected chi connectivity index (χ3v) is 3.45. The van der Waals surface area contributed by atoms with Crippen molar-refractivity contribution in [2.75, 3.05) is 0 Å². The lowest BCUT2D eigenvalue weighted by Crippen LogP contribution is -2.42. The number of H-pyrrole nitrogens is 2. The first-order chi connectivity index (χ1) is 10.0. The summed E-state index contributed by atoms with van der Waals surface area (Å²) in [6, 6.07) is 4.54. The number of aromatic amines is 2. The highest BCUT2D eigenvalue weighted by atomic mass is 32.1. The zero-order chi connectivity index (χ0) is 15.0. The van der Waals surface area contributed by atoms with Crippen molar-refractivity contribution in [3.05, 3.63) is 38.9 Å². The summed E-state index contributed by atoms with van der Waals surface area (Å²) in [4.78, 5) is 40.4. The summed E-state index contributed by atoms with van der Waals surface area (Å²) in [5, 5.41) is 0.405. The van der Waals surface area contributed by atoms with Gasteiger partial charge in [-0.2, -0.15) is 0 Å². The van der Waals surface area contributed by atoms with Crippen LogP contribution in [-0.4, -0.2) is 21.8 Å². The largest absolute Gasteiger partial charge is 0.332 e. The summed E-state index contributed by atoms with van der Waals surface area (Å²) in [5.74, 6) is -0.623. The van der Waals surface area contributed by atoms with Crippen molar-refractivity contribution in [1.82, 2.24) is 20.8 Å². The molecule has 0 bridgehead atoms. The second-order valence-corrected chi connectivity index (χ2v) is 5.29. The molecule has 1 aromatic heterocycles. The van der Waals surface area contributed by atoms with Crippen LogP contribution in [0.25, 0.3) is 10.9 Å². The second kappa shape index (κ2) is 5.13. The lowest BCUT2D eigenvalue weighted by atomic mass is 10.1. The van der Waals surface area contributed by atoms with E-state index in [2.05, 4.69) is 20.8 Å². The Morgan fingerprint density at radius 1 is 1.19 bits per heavy atom. The Hall–Kier alpha value is -2.48. The van der Waals surface area contributed by atoms with Crippen LogP contribution in [-0.2, 0) is 4.79 Å². The van der Waals surface area contributed by atoms with Gasteiger partial charge in [0, 0.05) is 11.5 Å². The van der Waals surface area contributed by atoms with Crippen molar-refractivity contribution in [2.45, 2.75) is 12.8 Å². The van der Waals surface area contributed by atoms with Crippen LogP contribution in [0.2, 0.25) is 0 Å². The van der Waals surface area contributed by atoms with Crippen molar-refractivity contribution in [3.8, 4) is 0 Å². The minimum absolute atomic E-state index is 0.0107. The van der Waals surface area contributed by atoms with Crippen LogP contribution in [0.3, 0.4) is 0 Å². The number of carbonyl (C=O) groups excluding carboxylic acids is 2. The first kappa shape index (κ1) is 13.5. The first-order valence-corrected chi connectivity index (χ1v) is 6.82. The van der Waals surface area contributed by atoms with Crippen LogP contribution in [0.5, 0.6) is 0 Å². The molecule has 1 aliphatic rings. The topological polar surface area (TPSA) is 107 Å². The predicted molar refractivity (Wildman–Crippen MR) is 78.1 cm³/mol. The monoisotopic (exact) mass is 304 g/mol. The van der Waals surface area contributed by atoms with Gasteiger partial charge in [-0.3, -0.25) is 30.2 Å². The maximum atomic E-state index is 12.0. The Labute approximate surface area is 123 Å². The lowest BCUT2D eigenvalue weighted by molar-refractivity contribution is -0.123. The normalized spacial score (nSPS) is 13.9. The molecule has 21 heavy (non-hydrogen) atoms. The summed E-state index contributed by atoms with van der Waals surface area (Å²) in [6.07, 6.45) is 1.72. The molecule has 3 rings (SSSR count). The van der Waals surface area contributed by atoms with E-state index in [-0.39, 0.29) is 22.2 Å². The molecular weight excluding hydrogens is 292 g/mol. The standard InChI is InChI=1S/C13H12N4O3S/c18-10(6-1-2-6)16-17-11(19)7-3-4-8-9(5-7)14-13(21)15-12(8)20/h3-6H,1-2H2,(H,16,18)(H,17,19)(H2,14,15,20,21). The lowest BCUT2D eigenvalue weighted by Gasteiger charge is -2.07. The summed E-state index contributed by atoms with van der Waals surface area (Å²) < 4.78 is 0.187. The minimum atomic E-state index is -0.453. The predicted octanol–water partition coefficient (Wildman–Crippen LogP) is 0.757. The van der Waals surface area contributed by atoms with Crippen molar-refractivity contribution < 1.29 is 9.59 Å². The summed E-state index contributed by atoms with van der Waals surface area (Å²) in [6.45, 7) is 0. The van der Waals surface area contributed by atoms with Crippen molar-refractivity contribution in [2.24, 2.45) is 5.92 Å². The maximum Gasteiger partial charge on any atom is 0.269 e. The van der Waals surface area contributed by atoms with Crippen LogP contribution in [0.1, 0.15) is 23.2 Å². The highest BCUT2D eigenvalue weighted by Crippen LogP contribution is 2.28. The van der Waals surface area contributed by atoms with Crippen LogP contribution < -0.4 is 16.4 Å². The van der Waals surface area contributed by atoms with Gasteiger partial charge in [0.1, 0.15) is 0 Å². The Balaban J connectivity index is 1.83. The number of hydrogen-bond acceptors (Lipinski definition) is 4. The van der Waals surface area contributed by atoms with Gasteiger partial charge in [0.25, 0.3) is 11.5 Å². The fourth-order valence-corrected chi connectivity index (χ4v) is 2.15. The molecule has 8 heteroatoms. The van der Waals surface area contributed by atoms with Gasteiger partial charge < -0.3 is 4.98 Å². The van der Waals surface area contributed by atoms with E-state index in [4.69, 9.17) is 12.2 Å². The number of fused-ring (bicyclic) bond motifs is 1. The van der Waals surface area contributed by atoms with E-state index in [1.807, 2.05) is 0 Å². The smallest absolute Gasteiger partial charge is 0.269 e. The molecule has 4 N–H and O–H groups in total. The quantitative estimate of drug-likeness (QED) is 0.485. The van der Waals surface area contributed by atoms with Gasteiger partial charge in [-0.1, -0.05) is 0 Å². The molecule has 1 heterocycles. The molecule has 0 aliphatic heterocycles. The number of hydrazine groups is 1. The molecule has 1 aliphatic carbocycles. The molecule has 0 atom stereocenters. The molecule has 1 saturated carbocycles. The number of carbonyl (C=O) groups is 2. The third kappa shape index (κ3) is 2.84. The van der Waals surface area contributed by atoms with Crippen LogP contribution >= 0.6 is 12.2 Å². The zero-order valence-corrected chi connectivity index (χ0v) is 11.7. The zero-order valence-electron chi connectivity index (χ0n) is 10.9. The van der Waals surface area contributed by atoms with Gasteiger partial charge >= 0.3 is 0 Å². The van der Waals surface area contributed by atoms with Gasteiger partial charge in [-0.05, 0) is 43.3 Å². The van der Waals surface area contributed by atoms with Crippen molar-refractivity contribution >= 4 is 34.9 Å². The Bertz CT molecular complexity index is 850. The highest BCUT2D eigenvalue weighted by molar-refractivity contribution is 7.71. The Morgan fingerprint density at radius 2 is 1.95 bits per heavy atom. The second-order valence-electron chi connectivity index (χ2n) is 4.89. The Kier molecular flexibility index (Phi) is 3.30. The number of rotatable bonds is 2. The van der Waals surface area contributed by atoms with E-state index in [0.29, 0.717) is 16.5 Å². The summed E-state index contributed by atoms with van der Waals surface area (Å²) >= 11 is 4.89. The Morgan fingerprint density at radius 3 is 2.67 bits per heavy atom. The van der Waals surface area contributed by atoms with Crippen molar-refractivity contribution in [3.63, 3.8) is 0 Å². The van der Waals surface area contributed by atoms with E-state index in [1.54, 1.807) is 0 Å². The molecule has 108 valence electrons. The molecule has 1 fully saturated rings. The van der Waals surface area contributed by atoms with Crippen LogP contribution in [0, 0.1) is 10.7 Å². The van der Waals surface area contributed by atoms with E-state index in [1.165, 1.54) is 18.2 Å². The molecule has 0 spiro atoms. The molecule has 0 saturated heterocycles. The maximum absolute atomic E-state index is 12.0.